The van der Waals surface area contributed by atoms with Gasteiger partial charge in [-0.3, -0.25) is 9.59 Å². The van der Waals surface area contributed by atoms with E-state index in [4.69, 9.17) is 0 Å². The molecule has 0 saturated carbocycles. The number of carbonyl (C=O) groups is 2. The van der Waals surface area contributed by atoms with Crippen LogP contribution in [0.2, 0.25) is 0 Å². The van der Waals surface area contributed by atoms with E-state index in [1.54, 1.807) is 0 Å². The number of fused-ring (bicyclic) bond motifs is 1. The van der Waals surface area contributed by atoms with Crippen molar-refractivity contribution in [1.82, 2.24) is 9.47 Å². The van der Waals surface area contributed by atoms with Crippen molar-refractivity contribution in [2.24, 2.45) is 0 Å². The zero-order valence-electron chi connectivity index (χ0n) is 18.7. The third kappa shape index (κ3) is 5.54. The van der Waals surface area contributed by atoms with E-state index in [9.17, 15) is 9.59 Å². The highest BCUT2D eigenvalue weighted by Gasteiger charge is 2.18. The van der Waals surface area contributed by atoms with Crippen molar-refractivity contribution >= 4 is 40.2 Å². The minimum absolute atomic E-state index is 0.0308. The summed E-state index contributed by atoms with van der Waals surface area (Å²) in [5.41, 5.74) is 3.10. The van der Waals surface area contributed by atoms with Crippen molar-refractivity contribution < 1.29 is 9.59 Å². The molecule has 3 aromatic rings. The fourth-order valence-corrected chi connectivity index (χ4v) is 5.08. The number of nitrogens with one attached hydrogen (secondary N) is 1. The van der Waals surface area contributed by atoms with Gasteiger partial charge in [-0.2, -0.15) is 0 Å². The average Bonchev–Trinajstić information content (AvgIpc) is 2.97. The number of amides is 2. The summed E-state index contributed by atoms with van der Waals surface area (Å²) in [6.07, 6.45) is 7.61. The number of anilines is 1. The second kappa shape index (κ2) is 10.7. The van der Waals surface area contributed by atoms with Gasteiger partial charge in [0.25, 0.3) is 0 Å². The van der Waals surface area contributed by atoms with E-state index in [1.807, 2.05) is 58.1 Å². The third-order valence-electron chi connectivity index (χ3n) is 6.02. The van der Waals surface area contributed by atoms with E-state index >= 15 is 0 Å². The zero-order chi connectivity index (χ0) is 22.3. The molecule has 1 aliphatic rings. The maximum Gasteiger partial charge on any atom is 0.242 e. The number of carbonyl (C=O) groups excluding carboxylic acids is 2. The monoisotopic (exact) mass is 449 g/mol. The number of likely N-dealkylation sites (tertiary alicyclic amines) is 1. The van der Waals surface area contributed by atoms with E-state index in [0.29, 0.717) is 12.3 Å². The molecule has 4 rings (SSSR count). The van der Waals surface area contributed by atoms with Crippen molar-refractivity contribution in [2.45, 2.75) is 50.5 Å². The summed E-state index contributed by atoms with van der Waals surface area (Å²) in [4.78, 5) is 28.5. The summed E-state index contributed by atoms with van der Waals surface area (Å²) in [6.45, 7) is 4.18. The fraction of sp³-hybridized carbons (Fsp3) is 0.385. The summed E-state index contributed by atoms with van der Waals surface area (Å²) in [5.74, 6) is 0.470. The van der Waals surface area contributed by atoms with Crippen molar-refractivity contribution in [3.8, 4) is 0 Å². The molecule has 1 aromatic heterocycles. The summed E-state index contributed by atoms with van der Waals surface area (Å²) >= 11 is 1.51. The molecule has 6 heteroatoms. The number of thioether (sulfide) groups is 1. The Morgan fingerprint density at radius 1 is 0.969 bits per heavy atom. The van der Waals surface area contributed by atoms with Crippen molar-refractivity contribution in [2.75, 3.05) is 24.2 Å². The van der Waals surface area contributed by atoms with Crippen LogP contribution in [-0.4, -0.2) is 40.1 Å². The molecular weight excluding hydrogens is 418 g/mol. The first-order valence-electron chi connectivity index (χ1n) is 11.5. The van der Waals surface area contributed by atoms with Gasteiger partial charge in [0.2, 0.25) is 11.8 Å². The molecule has 2 aromatic carbocycles. The standard InChI is InChI=1S/C26H31N3O2S/c1-2-20-11-13-21(14-12-20)27-25(30)19-32-24-17-29(23-10-6-5-9-22(23)24)18-26(31)28-15-7-3-4-8-16-28/h5-6,9-14,17H,2-4,7-8,15-16,18-19H2,1H3,(H,27,30). The highest BCUT2D eigenvalue weighted by Crippen LogP contribution is 2.30. The van der Waals surface area contributed by atoms with Gasteiger partial charge in [0.05, 0.1) is 5.75 Å². The van der Waals surface area contributed by atoms with Crippen LogP contribution in [0.15, 0.2) is 59.6 Å². The molecule has 32 heavy (non-hydrogen) atoms. The Labute approximate surface area is 194 Å². The smallest absolute Gasteiger partial charge is 0.242 e. The molecule has 0 aliphatic carbocycles. The van der Waals surface area contributed by atoms with Crippen LogP contribution < -0.4 is 5.32 Å². The van der Waals surface area contributed by atoms with Crippen LogP contribution >= 0.6 is 11.8 Å². The van der Waals surface area contributed by atoms with Crippen molar-refractivity contribution in [1.29, 1.82) is 0 Å². The predicted molar refractivity (Wildman–Crippen MR) is 132 cm³/mol. The number of hydrogen-bond donors (Lipinski definition) is 1. The van der Waals surface area contributed by atoms with Gasteiger partial charge in [0.15, 0.2) is 0 Å². The maximum atomic E-state index is 12.9. The highest BCUT2D eigenvalue weighted by atomic mass is 32.2. The van der Waals surface area contributed by atoms with Crippen LogP contribution in [0.1, 0.15) is 38.2 Å². The normalized spacial score (nSPS) is 14.3. The Bertz CT molecular complexity index is 1070. The summed E-state index contributed by atoms with van der Waals surface area (Å²) in [7, 11) is 0. The van der Waals surface area contributed by atoms with Crippen LogP contribution in [0, 0.1) is 0 Å². The van der Waals surface area contributed by atoms with Crippen LogP contribution in [0.25, 0.3) is 10.9 Å². The largest absolute Gasteiger partial charge is 0.341 e. The van der Waals surface area contributed by atoms with Crippen molar-refractivity contribution in [3.63, 3.8) is 0 Å². The first kappa shape index (κ1) is 22.5. The number of aryl methyl sites for hydroxylation is 1. The molecule has 5 nitrogen and oxygen atoms in total. The first-order valence-corrected chi connectivity index (χ1v) is 12.5. The summed E-state index contributed by atoms with van der Waals surface area (Å²) in [6, 6.07) is 16.1. The van der Waals surface area contributed by atoms with Gasteiger partial charge in [0, 0.05) is 40.8 Å². The van der Waals surface area contributed by atoms with E-state index in [2.05, 4.69) is 18.3 Å². The number of aromatic nitrogens is 1. The van der Waals surface area contributed by atoms with Gasteiger partial charge in [-0.25, -0.2) is 0 Å². The topological polar surface area (TPSA) is 54.3 Å². The highest BCUT2D eigenvalue weighted by molar-refractivity contribution is 8.00. The second-order valence-corrected chi connectivity index (χ2v) is 9.34. The van der Waals surface area contributed by atoms with E-state index in [-0.39, 0.29) is 11.8 Å². The van der Waals surface area contributed by atoms with Crippen molar-refractivity contribution in [3.05, 3.63) is 60.3 Å². The van der Waals surface area contributed by atoms with Gasteiger partial charge in [-0.15, -0.1) is 11.8 Å². The number of para-hydroxylation sites is 1. The molecule has 2 amide bonds. The third-order valence-corrected chi connectivity index (χ3v) is 7.06. The van der Waals surface area contributed by atoms with Crippen LogP contribution in [-0.2, 0) is 22.6 Å². The lowest BCUT2D eigenvalue weighted by Crippen LogP contribution is -2.34. The lowest BCUT2D eigenvalue weighted by molar-refractivity contribution is -0.131. The molecule has 0 radical (unpaired) electrons. The molecule has 168 valence electrons. The molecular formula is C26H31N3O2S. The molecule has 0 unspecified atom stereocenters. The molecule has 2 heterocycles. The maximum absolute atomic E-state index is 12.9. The van der Waals surface area contributed by atoms with E-state index in [1.165, 1.54) is 30.2 Å². The quantitative estimate of drug-likeness (QED) is 0.496. The van der Waals surface area contributed by atoms with Gasteiger partial charge >= 0.3 is 0 Å². The Morgan fingerprint density at radius 2 is 1.69 bits per heavy atom. The zero-order valence-corrected chi connectivity index (χ0v) is 19.5. The fourth-order valence-electron chi connectivity index (χ4n) is 4.19. The average molecular weight is 450 g/mol. The van der Waals surface area contributed by atoms with Gasteiger partial charge in [-0.1, -0.05) is 50.1 Å². The molecule has 1 N–H and O–H groups in total. The lowest BCUT2D eigenvalue weighted by Gasteiger charge is -2.20. The minimum atomic E-state index is -0.0308. The number of hydrogen-bond acceptors (Lipinski definition) is 3. The molecule has 1 aliphatic heterocycles. The molecule has 0 bridgehead atoms. The molecule has 0 spiro atoms. The number of benzene rings is 2. The molecule has 1 fully saturated rings. The van der Waals surface area contributed by atoms with Gasteiger partial charge in [-0.05, 0) is 43.0 Å². The van der Waals surface area contributed by atoms with Gasteiger partial charge in [0.1, 0.15) is 6.54 Å². The Hall–Kier alpha value is -2.73. The first-order chi connectivity index (χ1) is 15.6. The summed E-state index contributed by atoms with van der Waals surface area (Å²) < 4.78 is 2.03. The van der Waals surface area contributed by atoms with Gasteiger partial charge < -0.3 is 14.8 Å². The lowest BCUT2D eigenvalue weighted by atomic mass is 10.1. The molecule has 1 saturated heterocycles. The van der Waals surface area contributed by atoms with Crippen LogP contribution in [0.5, 0.6) is 0 Å². The van der Waals surface area contributed by atoms with E-state index in [0.717, 1.165) is 53.8 Å². The Kier molecular flexibility index (Phi) is 7.53. The second-order valence-electron chi connectivity index (χ2n) is 8.32. The number of nitrogens with zero attached hydrogens (tertiary/aromatic N) is 2. The minimum Gasteiger partial charge on any atom is -0.341 e. The van der Waals surface area contributed by atoms with E-state index < -0.39 is 0 Å². The Morgan fingerprint density at radius 3 is 2.41 bits per heavy atom. The SMILES string of the molecule is CCc1ccc(NC(=O)CSc2cn(CC(=O)N3CCCCCC3)c3ccccc23)cc1. The number of rotatable bonds is 7. The summed E-state index contributed by atoms with van der Waals surface area (Å²) in [5, 5.41) is 4.06. The Balaban J connectivity index is 1.42. The van der Waals surface area contributed by atoms with Crippen LogP contribution in [0.3, 0.4) is 0 Å². The molecule has 0 atom stereocenters. The predicted octanol–water partition coefficient (Wildman–Crippen LogP) is 5.34. The van der Waals surface area contributed by atoms with Crippen LogP contribution in [0.4, 0.5) is 5.69 Å².